The zero-order valence-corrected chi connectivity index (χ0v) is 6.71. The lowest BCUT2D eigenvalue weighted by molar-refractivity contribution is 1.34. The lowest BCUT2D eigenvalue weighted by Gasteiger charge is -1.81. The van der Waals surface area contributed by atoms with Crippen molar-refractivity contribution in [1.29, 1.82) is 5.41 Å². The lowest BCUT2D eigenvalue weighted by atomic mass is 10.6. The average molecular weight is 222 g/mol. The molecule has 0 bridgehead atoms. The molecular formula is C5H7IN2. The standard InChI is InChI=1S/C5H7IN2/c1-5(4-6)8-3-2-7/h2-4,7H,1H3/b5-4-,7-2?,8-3?. The Kier molecular flexibility index (Phi) is 4.84. The summed E-state index contributed by atoms with van der Waals surface area (Å²) in [6.45, 7) is 1.88. The van der Waals surface area contributed by atoms with Crippen molar-refractivity contribution in [3.8, 4) is 0 Å². The Balaban J connectivity index is 3.69. The predicted octanol–water partition coefficient (Wildman–Crippen LogP) is 2.00. The molecule has 8 heavy (non-hydrogen) atoms. The van der Waals surface area contributed by atoms with Crippen molar-refractivity contribution in [3.63, 3.8) is 0 Å². The first-order valence-corrected chi connectivity index (χ1v) is 3.36. The third kappa shape index (κ3) is 3.98. The van der Waals surface area contributed by atoms with E-state index in [9.17, 15) is 0 Å². The summed E-state index contributed by atoms with van der Waals surface area (Å²) in [6, 6.07) is 0. The number of nitrogens with zero attached hydrogens (tertiary/aromatic N) is 1. The van der Waals surface area contributed by atoms with Crippen LogP contribution in [-0.2, 0) is 0 Å². The largest absolute Gasteiger partial charge is 0.307 e. The Hall–Kier alpha value is -0.190. The third-order valence-electron chi connectivity index (χ3n) is 0.511. The van der Waals surface area contributed by atoms with E-state index in [1.807, 2.05) is 11.0 Å². The minimum Gasteiger partial charge on any atom is -0.307 e. The van der Waals surface area contributed by atoms with Gasteiger partial charge in [0.25, 0.3) is 0 Å². The van der Waals surface area contributed by atoms with Gasteiger partial charge in [0.1, 0.15) is 0 Å². The molecule has 0 saturated carbocycles. The summed E-state index contributed by atoms with van der Waals surface area (Å²) < 4.78 is 1.86. The van der Waals surface area contributed by atoms with Gasteiger partial charge in [0.15, 0.2) is 0 Å². The Bertz CT molecular complexity index is 126. The zero-order chi connectivity index (χ0) is 6.41. The minimum absolute atomic E-state index is 0.925. The smallest absolute Gasteiger partial charge is 0.0447 e. The Morgan fingerprint density at radius 2 is 2.38 bits per heavy atom. The van der Waals surface area contributed by atoms with Crippen molar-refractivity contribution in [2.24, 2.45) is 4.99 Å². The zero-order valence-electron chi connectivity index (χ0n) is 4.56. The van der Waals surface area contributed by atoms with Gasteiger partial charge in [0.05, 0.1) is 0 Å². The molecule has 0 aliphatic heterocycles. The van der Waals surface area contributed by atoms with E-state index < -0.39 is 0 Å². The summed E-state index contributed by atoms with van der Waals surface area (Å²) in [7, 11) is 0. The van der Waals surface area contributed by atoms with E-state index in [1.165, 1.54) is 6.21 Å². The van der Waals surface area contributed by atoms with Crippen molar-refractivity contribution in [2.75, 3.05) is 0 Å². The fourth-order valence-electron chi connectivity index (χ4n) is 0.183. The maximum atomic E-state index is 6.57. The molecule has 0 aromatic rings. The van der Waals surface area contributed by atoms with Gasteiger partial charge in [-0.3, -0.25) is 4.99 Å². The molecule has 0 radical (unpaired) electrons. The lowest BCUT2D eigenvalue weighted by Crippen LogP contribution is -1.71. The highest BCUT2D eigenvalue weighted by Crippen LogP contribution is 1.96. The van der Waals surface area contributed by atoms with Crippen LogP contribution in [0.4, 0.5) is 0 Å². The molecule has 0 rings (SSSR count). The number of nitrogens with one attached hydrogen (secondary N) is 1. The van der Waals surface area contributed by atoms with E-state index in [2.05, 4.69) is 27.6 Å². The number of rotatable bonds is 2. The van der Waals surface area contributed by atoms with Gasteiger partial charge in [-0.05, 0) is 11.0 Å². The molecule has 0 spiro atoms. The number of allylic oxidation sites excluding steroid dienone is 1. The van der Waals surface area contributed by atoms with Gasteiger partial charge < -0.3 is 5.41 Å². The highest BCUT2D eigenvalue weighted by atomic mass is 127. The molecule has 0 aliphatic rings. The Labute approximate surface area is 62.4 Å². The third-order valence-corrected chi connectivity index (χ3v) is 1.41. The van der Waals surface area contributed by atoms with E-state index >= 15 is 0 Å². The molecule has 0 aliphatic carbocycles. The summed E-state index contributed by atoms with van der Waals surface area (Å²) in [4.78, 5) is 3.85. The second kappa shape index (κ2) is 4.96. The number of hydrogen-bond acceptors (Lipinski definition) is 2. The van der Waals surface area contributed by atoms with Gasteiger partial charge >= 0.3 is 0 Å². The molecule has 2 nitrogen and oxygen atoms in total. The van der Waals surface area contributed by atoms with E-state index in [0.717, 1.165) is 11.9 Å². The SMILES string of the molecule is C/C(=C/I)N=CC=N. The van der Waals surface area contributed by atoms with E-state index in [0.29, 0.717) is 0 Å². The molecule has 0 heterocycles. The average Bonchev–Trinajstić information content (AvgIpc) is 1.83. The molecule has 0 amide bonds. The molecule has 0 aromatic heterocycles. The minimum atomic E-state index is 0.925. The van der Waals surface area contributed by atoms with Crippen LogP contribution >= 0.6 is 22.6 Å². The first kappa shape index (κ1) is 7.81. The molecule has 0 fully saturated rings. The van der Waals surface area contributed by atoms with Gasteiger partial charge in [0.2, 0.25) is 0 Å². The molecule has 0 atom stereocenters. The second-order valence-electron chi connectivity index (χ2n) is 1.20. The van der Waals surface area contributed by atoms with E-state index in [1.54, 1.807) is 0 Å². The molecule has 0 unspecified atom stereocenters. The Morgan fingerprint density at radius 3 is 2.75 bits per heavy atom. The van der Waals surface area contributed by atoms with E-state index in [-0.39, 0.29) is 0 Å². The van der Waals surface area contributed by atoms with Crippen LogP contribution in [0.5, 0.6) is 0 Å². The van der Waals surface area contributed by atoms with Crippen LogP contribution < -0.4 is 0 Å². The Morgan fingerprint density at radius 1 is 1.75 bits per heavy atom. The van der Waals surface area contributed by atoms with Crippen LogP contribution in [0.1, 0.15) is 6.92 Å². The van der Waals surface area contributed by atoms with Crippen LogP contribution in [-0.4, -0.2) is 12.4 Å². The first-order valence-electron chi connectivity index (χ1n) is 2.11. The molecule has 3 heteroatoms. The number of hydrogen-bond donors (Lipinski definition) is 1. The molecule has 1 N–H and O–H groups in total. The topological polar surface area (TPSA) is 36.2 Å². The fourth-order valence-corrected chi connectivity index (χ4v) is 0.344. The summed E-state index contributed by atoms with van der Waals surface area (Å²) in [5.41, 5.74) is 0.925. The van der Waals surface area contributed by atoms with Gasteiger partial charge in [0, 0.05) is 18.1 Å². The monoisotopic (exact) mass is 222 g/mol. The van der Waals surface area contributed by atoms with Crippen LogP contribution in [0, 0.1) is 5.41 Å². The van der Waals surface area contributed by atoms with Gasteiger partial charge in [-0.1, -0.05) is 22.6 Å². The quantitative estimate of drug-likeness (QED) is 0.548. The summed E-state index contributed by atoms with van der Waals surface area (Å²) in [5, 5.41) is 6.57. The van der Waals surface area contributed by atoms with Crippen LogP contribution in [0.2, 0.25) is 0 Å². The van der Waals surface area contributed by atoms with Gasteiger partial charge in [-0.15, -0.1) is 0 Å². The number of halogens is 1. The first-order chi connectivity index (χ1) is 3.81. The highest BCUT2D eigenvalue weighted by Gasteiger charge is 1.73. The van der Waals surface area contributed by atoms with Gasteiger partial charge in [-0.2, -0.15) is 0 Å². The second-order valence-corrected chi connectivity index (χ2v) is 1.82. The van der Waals surface area contributed by atoms with Crippen molar-refractivity contribution >= 4 is 35.0 Å². The van der Waals surface area contributed by atoms with Crippen LogP contribution in [0.25, 0.3) is 0 Å². The van der Waals surface area contributed by atoms with Crippen LogP contribution in [0.15, 0.2) is 14.8 Å². The predicted molar refractivity (Wildman–Crippen MR) is 45.1 cm³/mol. The maximum Gasteiger partial charge on any atom is 0.0447 e. The number of aliphatic imine (C=N–C) groups is 1. The summed E-state index contributed by atoms with van der Waals surface area (Å²) in [5.74, 6) is 0. The molecular weight excluding hydrogens is 215 g/mol. The fraction of sp³-hybridized carbons (Fsp3) is 0.200. The summed E-state index contributed by atoms with van der Waals surface area (Å²) in [6.07, 6.45) is 2.61. The van der Waals surface area contributed by atoms with Crippen molar-refractivity contribution in [1.82, 2.24) is 0 Å². The summed E-state index contributed by atoms with van der Waals surface area (Å²) >= 11 is 2.10. The molecule has 44 valence electrons. The van der Waals surface area contributed by atoms with Crippen molar-refractivity contribution in [2.45, 2.75) is 6.92 Å². The normalized spacial score (nSPS) is 12.5. The van der Waals surface area contributed by atoms with Crippen molar-refractivity contribution in [3.05, 3.63) is 9.78 Å². The van der Waals surface area contributed by atoms with Crippen LogP contribution in [0.3, 0.4) is 0 Å². The maximum absolute atomic E-state index is 6.57. The van der Waals surface area contributed by atoms with Crippen molar-refractivity contribution < 1.29 is 0 Å². The van der Waals surface area contributed by atoms with Gasteiger partial charge in [-0.25, -0.2) is 0 Å². The molecule has 0 saturated heterocycles. The van der Waals surface area contributed by atoms with E-state index in [4.69, 9.17) is 5.41 Å². The highest BCUT2D eigenvalue weighted by molar-refractivity contribution is 14.1. The molecule has 0 aromatic carbocycles.